The molecule has 0 unspecified atom stereocenters. The molecule has 0 aromatic heterocycles. The Bertz CT molecular complexity index is 409. The van der Waals surface area contributed by atoms with Crippen LogP contribution < -0.4 is 16.4 Å². The van der Waals surface area contributed by atoms with E-state index < -0.39 is 11.9 Å². The summed E-state index contributed by atoms with van der Waals surface area (Å²) in [4.78, 5) is 21.6. The van der Waals surface area contributed by atoms with Crippen LogP contribution >= 0.6 is 0 Å². The number of urea groups is 1. The van der Waals surface area contributed by atoms with E-state index in [9.17, 15) is 14.0 Å². The van der Waals surface area contributed by atoms with Gasteiger partial charge in [0.25, 0.3) is 0 Å². The Morgan fingerprint density at radius 3 is 2.71 bits per heavy atom. The van der Waals surface area contributed by atoms with Crippen molar-refractivity contribution in [2.45, 2.75) is 13.0 Å². The summed E-state index contributed by atoms with van der Waals surface area (Å²) in [6, 6.07) is 5.51. The third-order valence-electron chi connectivity index (χ3n) is 2.00. The summed E-state index contributed by atoms with van der Waals surface area (Å²) in [6.45, 7) is 0.407. The zero-order valence-corrected chi connectivity index (χ0v) is 9.20. The molecule has 0 fully saturated rings. The third kappa shape index (κ3) is 5.50. The third-order valence-corrected chi connectivity index (χ3v) is 2.00. The lowest BCUT2D eigenvalue weighted by Crippen LogP contribution is -2.36. The quantitative estimate of drug-likeness (QED) is 0.699. The maximum absolute atomic E-state index is 12.8. The molecule has 6 heteroatoms. The van der Waals surface area contributed by atoms with Gasteiger partial charge in [0.1, 0.15) is 5.82 Å². The summed E-state index contributed by atoms with van der Waals surface area (Å²) in [7, 11) is 0. The molecule has 0 saturated carbocycles. The number of nitrogens with two attached hydrogens (primary N) is 1. The minimum Gasteiger partial charge on any atom is -0.370 e. The van der Waals surface area contributed by atoms with Crippen LogP contribution in [0.25, 0.3) is 0 Å². The van der Waals surface area contributed by atoms with E-state index in [-0.39, 0.29) is 25.3 Å². The standard InChI is InChI=1S/C11H14FN3O2/c12-9-3-1-2-8(6-9)7-15-11(17)14-5-4-10(13)16/h1-3,6H,4-5,7H2,(H2,13,16)(H2,14,15,17). The van der Waals surface area contributed by atoms with Gasteiger partial charge in [0.2, 0.25) is 5.91 Å². The van der Waals surface area contributed by atoms with Crippen LogP contribution in [-0.2, 0) is 11.3 Å². The van der Waals surface area contributed by atoms with Crippen molar-refractivity contribution in [2.24, 2.45) is 5.73 Å². The van der Waals surface area contributed by atoms with Crippen LogP contribution in [0.2, 0.25) is 0 Å². The number of hydrogen-bond donors (Lipinski definition) is 3. The molecule has 0 saturated heterocycles. The van der Waals surface area contributed by atoms with E-state index in [2.05, 4.69) is 10.6 Å². The number of carbonyl (C=O) groups excluding carboxylic acids is 2. The van der Waals surface area contributed by atoms with Crippen LogP contribution in [0.1, 0.15) is 12.0 Å². The second-order valence-electron chi connectivity index (χ2n) is 3.46. The van der Waals surface area contributed by atoms with Gasteiger partial charge in [-0.25, -0.2) is 9.18 Å². The molecule has 1 rings (SSSR count). The largest absolute Gasteiger partial charge is 0.370 e. The van der Waals surface area contributed by atoms with E-state index in [0.717, 1.165) is 0 Å². The number of nitrogens with one attached hydrogen (secondary N) is 2. The second kappa shape index (κ2) is 6.47. The lowest BCUT2D eigenvalue weighted by Gasteiger charge is -2.06. The number of halogens is 1. The highest BCUT2D eigenvalue weighted by Crippen LogP contribution is 2.02. The number of carbonyl (C=O) groups is 2. The normalized spacial score (nSPS) is 9.71. The summed E-state index contributed by atoms with van der Waals surface area (Å²) < 4.78 is 12.8. The van der Waals surface area contributed by atoms with Gasteiger partial charge in [-0.2, -0.15) is 0 Å². The number of benzene rings is 1. The van der Waals surface area contributed by atoms with E-state index >= 15 is 0 Å². The van der Waals surface area contributed by atoms with E-state index in [4.69, 9.17) is 5.73 Å². The number of hydrogen-bond acceptors (Lipinski definition) is 2. The first-order valence-corrected chi connectivity index (χ1v) is 5.12. The minimum absolute atomic E-state index is 0.0907. The van der Waals surface area contributed by atoms with Gasteiger partial charge in [-0.3, -0.25) is 4.79 Å². The number of amides is 3. The van der Waals surface area contributed by atoms with Crippen molar-refractivity contribution in [1.82, 2.24) is 10.6 Å². The maximum Gasteiger partial charge on any atom is 0.315 e. The molecule has 0 spiro atoms. The SMILES string of the molecule is NC(=O)CCNC(=O)NCc1cccc(F)c1. The van der Waals surface area contributed by atoms with Crippen molar-refractivity contribution in [3.63, 3.8) is 0 Å². The van der Waals surface area contributed by atoms with E-state index in [1.165, 1.54) is 12.1 Å². The fraction of sp³-hybridized carbons (Fsp3) is 0.273. The Kier molecular flexibility index (Phi) is 4.93. The van der Waals surface area contributed by atoms with Crippen molar-refractivity contribution in [3.05, 3.63) is 35.6 Å². The summed E-state index contributed by atoms with van der Waals surface area (Å²) >= 11 is 0. The van der Waals surface area contributed by atoms with E-state index in [1.54, 1.807) is 12.1 Å². The molecule has 3 amide bonds. The van der Waals surface area contributed by atoms with Crippen molar-refractivity contribution < 1.29 is 14.0 Å². The number of primary amides is 1. The summed E-state index contributed by atoms with van der Waals surface area (Å²) in [5.41, 5.74) is 5.57. The van der Waals surface area contributed by atoms with Crippen molar-refractivity contribution >= 4 is 11.9 Å². The van der Waals surface area contributed by atoms with Crippen molar-refractivity contribution in [1.29, 1.82) is 0 Å². The van der Waals surface area contributed by atoms with Crippen LogP contribution in [-0.4, -0.2) is 18.5 Å². The molecule has 0 bridgehead atoms. The zero-order valence-electron chi connectivity index (χ0n) is 9.20. The highest BCUT2D eigenvalue weighted by Gasteiger charge is 2.01. The van der Waals surface area contributed by atoms with Crippen LogP contribution in [0, 0.1) is 5.82 Å². The molecule has 17 heavy (non-hydrogen) atoms. The predicted octanol–water partition coefficient (Wildman–Crippen LogP) is 0.500. The van der Waals surface area contributed by atoms with Gasteiger partial charge in [-0.05, 0) is 17.7 Å². The Morgan fingerprint density at radius 1 is 1.29 bits per heavy atom. The minimum atomic E-state index is -0.476. The monoisotopic (exact) mass is 239 g/mol. The Morgan fingerprint density at radius 2 is 2.06 bits per heavy atom. The van der Waals surface area contributed by atoms with Crippen LogP contribution in [0.5, 0.6) is 0 Å². The fourth-order valence-corrected chi connectivity index (χ4v) is 1.19. The summed E-state index contributed by atoms with van der Waals surface area (Å²) in [5, 5.41) is 4.99. The van der Waals surface area contributed by atoms with Gasteiger partial charge in [0.05, 0.1) is 0 Å². The van der Waals surface area contributed by atoms with Crippen molar-refractivity contribution in [2.75, 3.05) is 6.54 Å². The van der Waals surface area contributed by atoms with E-state index in [0.29, 0.717) is 5.56 Å². The molecular formula is C11H14FN3O2. The fourth-order valence-electron chi connectivity index (χ4n) is 1.19. The first-order chi connectivity index (χ1) is 8.08. The Hall–Kier alpha value is -2.11. The highest BCUT2D eigenvalue weighted by molar-refractivity contribution is 5.76. The van der Waals surface area contributed by atoms with Gasteiger partial charge in [0.15, 0.2) is 0 Å². The van der Waals surface area contributed by atoms with Gasteiger partial charge in [-0.1, -0.05) is 12.1 Å². The molecule has 0 heterocycles. The molecule has 0 aliphatic heterocycles. The molecule has 0 aliphatic rings. The summed E-state index contributed by atoms with van der Waals surface area (Å²) in [5.74, 6) is -0.825. The molecule has 5 nitrogen and oxygen atoms in total. The van der Waals surface area contributed by atoms with Crippen LogP contribution in [0.15, 0.2) is 24.3 Å². The van der Waals surface area contributed by atoms with Gasteiger partial charge in [-0.15, -0.1) is 0 Å². The lowest BCUT2D eigenvalue weighted by atomic mass is 10.2. The molecule has 92 valence electrons. The van der Waals surface area contributed by atoms with Crippen LogP contribution in [0.3, 0.4) is 0 Å². The molecule has 0 atom stereocenters. The average molecular weight is 239 g/mol. The Labute approximate surface area is 98.2 Å². The van der Waals surface area contributed by atoms with Gasteiger partial charge >= 0.3 is 6.03 Å². The molecular weight excluding hydrogens is 225 g/mol. The second-order valence-corrected chi connectivity index (χ2v) is 3.46. The van der Waals surface area contributed by atoms with Crippen LogP contribution in [0.4, 0.5) is 9.18 Å². The molecule has 1 aromatic rings. The van der Waals surface area contributed by atoms with E-state index in [1.807, 2.05) is 0 Å². The first kappa shape index (κ1) is 13.0. The molecule has 0 aliphatic carbocycles. The topological polar surface area (TPSA) is 84.2 Å². The smallest absolute Gasteiger partial charge is 0.315 e. The van der Waals surface area contributed by atoms with Gasteiger partial charge in [0, 0.05) is 19.5 Å². The van der Waals surface area contributed by atoms with Gasteiger partial charge < -0.3 is 16.4 Å². The summed E-state index contributed by atoms with van der Waals surface area (Å²) in [6.07, 6.45) is 0.0907. The lowest BCUT2D eigenvalue weighted by molar-refractivity contribution is -0.117. The number of rotatable bonds is 5. The molecule has 0 radical (unpaired) electrons. The Balaban J connectivity index is 2.26. The van der Waals surface area contributed by atoms with Crippen molar-refractivity contribution in [3.8, 4) is 0 Å². The predicted molar refractivity (Wildman–Crippen MR) is 60.4 cm³/mol. The molecule has 1 aromatic carbocycles. The highest BCUT2D eigenvalue weighted by atomic mass is 19.1. The first-order valence-electron chi connectivity index (χ1n) is 5.12. The zero-order chi connectivity index (χ0) is 12.7. The molecule has 4 N–H and O–H groups in total. The maximum atomic E-state index is 12.8. The average Bonchev–Trinajstić information content (AvgIpc) is 2.26.